The van der Waals surface area contributed by atoms with Crippen molar-refractivity contribution in [3.8, 4) is 17.2 Å². The van der Waals surface area contributed by atoms with Gasteiger partial charge in [-0.2, -0.15) is 13.2 Å². The first-order valence-corrected chi connectivity index (χ1v) is 11.3. The largest absolute Gasteiger partial charge is 0.487 e. The summed E-state index contributed by atoms with van der Waals surface area (Å²) in [4.78, 5) is 28.2. The van der Waals surface area contributed by atoms with Gasteiger partial charge in [0, 0.05) is 29.4 Å². The van der Waals surface area contributed by atoms with Crippen molar-refractivity contribution < 1.29 is 32.2 Å². The van der Waals surface area contributed by atoms with Crippen molar-refractivity contribution in [3.63, 3.8) is 0 Å². The lowest BCUT2D eigenvalue weighted by atomic mass is 10.1. The number of benzene rings is 2. The predicted molar refractivity (Wildman–Crippen MR) is 122 cm³/mol. The second-order valence-electron chi connectivity index (χ2n) is 8.79. The Morgan fingerprint density at radius 1 is 1.11 bits per heavy atom. The van der Waals surface area contributed by atoms with E-state index in [9.17, 15) is 22.8 Å². The summed E-state index contributed by atoms with van der Waals surface area (Å²) in [7, 11) is 0. The third-order valence-corrected chi connectivity index (χ3v) is 6.43. The summed E-state index contributed by atoms with van der Waals surface area (Å²) in [5.41, 5.74) is 1.19. The molecule has 0 saturated heterocycles. The lowest BCUT2D eigenvalue weighted by Gasteiger charge is -2.19. The maximum Gasteiger partial charge on any atom is 0.416 e. The van der Waals surface area contributed by atoms with Gasteiger partial charge in [-0.1, -0.05) is 0 Å². The number of pyridine rings is 1. The van der Waals surface area contributed by atoms with Gasteiger partial charge >= 0.3 is 12.2 Å². The molecule has 0 spiro atoms. The lowest BCUT2D eigenvalue weighted by Crippen LogP contribution is -2.34. The van der Waals surface area contributed by atoms with E-state index in [1.54, 1.807) is 18.3 Å². The summed E-state index contributed by atoms with van der Waals surface area (Å²) < 4.78 is 50.2. The first-order valence-electron chi connectivity index (χ1n) is 11.3. The first-order chi connectivity index (χ1) is 17.3. The minimum atomic E-state index is -4.44. The quantitative estimate of drug-likeness (QED) is 0.481. The molecule has 2 aliphatic heterocycles. The van der Waals surface area contributed by atoms with E-state index in [1.807, 2.05) is 12.1 Å². The number of carbonyl (C=O) groups is 2. The van der Waals surface area contributed by atoms with Gasteiger partial charge in [0.2, 0.25) is 5.91 Å². The third kappa shape index (κ3) is 4.06. The Kier molecular flexibility index (Phi) is 5.02. The Morgan fingerprint density at radius 3 is 2.69 bits per heavy atom. The molecule has 1 aliphatic carbocycles. The standard InChI is InChI=1S/C25H19F3N4O4/c26-25(27,28)12-1-3-13(4-2-12)30-24(34)32-21-20-16-11-14(5-7-17(16)36-22(20)21)35-18-9-10-29-23-15(18)6-8-19(33)31-23/h1-5,7,9-11,20-22H,6,8H2,(H,29,31,33)(H2,30,32,34)/t20-,21-,22-/m0/s1. The number of fused-ring (bicyclic) bond motifs is 4. The molecule has 3 heterocycles. The topological polar surface area (TPSA) is 102 Å². The highest BCUT2D eigenvalue weighted by Crippen LogP contribution is 2.54. The van der Waals surface area contributed by atoms with Gasteiger partial charge in [0.15, 0.2) is 0 Å². The molecule has 3 aromatic rings. The van der Waals surface area contributed by atoms with Gasteiger partial charge in [-0.25, -0.2) is 9.78 Å². The number of nitrogens with zero attached hydrogens (tertiary/aromatic N) is 1. The number of nitrogens with one attached hydrogen (secondary N) is 3. The third-order valence-electron chi connectivity index (χ3n) is 6.43. The molecule has 3 aliphatic rings. The monoisotopic (exact) mass is 496 g/mol. The zero-order valence-electron chi connectivity index (χ0n) is 18.6. The number of urea groups is 1. The SMILES string of the molecule is O=C1CCc2c(Oc3ccc4c(c3)[C@H]3[C@H](NC(=O)Nc5ccc(C(F)(F)F)cc5)[C@H]3O4)ccnc2N1. The van der Waals surface area contributed by atoms with Crippen molar-refractivity contribution in [1.82, 2.24) is 10.3 Å². The molecule has 1 fully saturated rings. The number of hydrogen-bond acceptors (Lipinski definition) is 5. The van der Waals surface area contributed by atoms with E-state index in [2.05, 4.69) is 20.9 Å². The van der Waals surface area contributed by atoms with E-state index >= 15 is 0 Å². The summed E-state index contributed by atoms with van der Waals surface area (Å²) >= 11 is 0. The molecule has 11 heteroatoms. The Bertz CT molecular complexity index is 1380. The van der Waals surface area contributed by atoms with Crippen molar-refractivity contribution in [3.05, 3.63) is 71.4 Å². The molecule has 184 valence electrons. The van der Waals surface area contributed by atoms with Crippen LogP contribution in [-0.4, -0.2) is 29.1 Å². The molecule has 36 heavy (non-hydrogen) atoms. The molecule has 0 unspecified atom stereocenters. The van der Waals surface area contributed by atoms with E-state index in [0.717, 1.165) is 23.3 Å². The fourth-order valence-electron chi connectivity index (χ4n) is 4.62. The molecule has 3 atom stereocenters. The lowest BCUT2D eigenvalue weighted by molar-refractivity contribution is -0.137. The zero-order valence-corrected chi connectivity index (χ0v) is 18.6. The zero-order chi connectivity index (χ0) is 25.0. The van der Waals surface area contributed by atoms with Crippen LogP contribution in [0.25, 0.3) is 0 Å². The number of rotatable bonds is 4. The minimum Gasteiger partial charge on any atom is -0.487 e. The van der Waals surface area contributed by atoms with Crippen molar-refractivity contribution in [2.75, 3.05) is 10.6 Å². The summed E-state index contributed by atoms with van der Waals surface area (Å²) in [6.07, 6.45) is -2.20. The van der Waals surface area contributed by atoms with Crippen LogP contribution in [0.5, 0.6) is 17.2 Å². The highest BCUT2D eigenvalue weighted by atomic mass is 19.4. The summed E-state index contributed by atoms with van der Waals surface area (Å²) in [6, 6.07) is 10.6. The summed E-state index contributed by atoms with van der Waals surface area (Å²) in [5.74, 6) is 2.26. The highest BCUT2D eigenvalue weighted by molar-refractivity contribution is 5.93. The van der Waals surface area contributed by atoms with E-state index in [4.69, 9.17) is 9.47 Å². The molecule has 3 N–H and O–H groups in total. The van der Waals surface area contributed by atoms with Crippen LogP contribution >= 0.6 is 0 Å². The van der Waals surface area contributed by atoms with Gasteiger partial charge in [-0.3, -0.25) is 4.79 Å². The van der Waals surface area contributed by atoms with E-state index in [0.29, 0.717) is 35.9 Å². The van der Waals surface area contributed by atoms with Gasteiger partial charge in [-0.15, -0.1) is 0 Å². The fourth-order valence-corrected chi connectivity index (χ4v) is 4.62. The van der Waals surface area contributed by atoms with Crippen LogP contribution in [0.1, 0.15) is 29.0 Å². The predicted octanol–water partition coefficient (Wildman–Crippen LogP) is 4.83. The van der Waals surface area contributed by atoms with Crippen molar-refractivity contribution in [2.24, 2.45) is 0 Å². The molecule has 8 nitrogen and oxygen atoms in total. The number of hydrogen-bond donors (Lipinski definition) is 3. The first kappa shape index (κ1) is 22.2. The number of alkyl halides is 3. The van der Waals surface area contributed by atoms with E-state index in [-0.39, 0.29) is 29.7 Å². The van der Waals surface area contributed by atoms with Crippen LogP contribution < -0.4 is 25.4 Å². The number of carbonyl (C=O) groups excluding carboxylic acids is 2. The van der Waals surface area contributed by atoms with Crippen LogP contribution in [0.3, 0.4) is 0 Å². The van der Waals surface area contributed by atoms with Gasteiger partial charge in [0.05, 0.1) is 17.5 Å². The van der Waals surface area contributed by atoms with Gasteiger partial charge < -0.3 is 25.4 Å². The highest BCUT2D eigenvalue weighted by Gasteiger charge is 2.59. The van der Waals surface area contributed by atoms with Crippen LogP contribution in [0.2, 0.25) is 0 Å². The van der Waals surface area contributed by atoms with Crippen LogP contribution in [0.4, 0.5) is 29.5 Å². The second-order valence-corrected chi connectivity index (χ2v) is 8.79. The average molecular weight is 496 g/mol. The number of ether oxygens (including phenoxy) is 2. The molecule has 2 aromatic carbocycles. The molecule has 1 aromatic heterocycles. The van der Waals surface area contributed by atoms with Crippen molar-refractivity contribution in [2.45, 2.75) is 37.1 Å². The summed E-state index contributed by atoms with van der Waals surface area (Å²) in [5, 5.41) is 8.11. The Labute approximate surface area is 202 Å². The summed E-state index contributed by atoms with van der Waals surface area (Å²) in [6.45, 7) is 0. The Hall–Kier alpha value is -4.28. The average Bonchev–Trinajstić information content (AvgIpc) is 3.34. The van der Waals surface area contributed by atoms with Crippen molar-refractivity contribution in [1.29, 1.82) is 0 Å². The van der Waals surface area contributed by atoms with Gasteiger partial charge in [0.25, 0.3) is 0 Å². The number of anilines is 2. The molecule has 0 bridgehead atoms. The fraction of sp³-hybridized carbons (Fsp3) is 0.240. The normalized spacial score (nSPS) is 21.3. The molecule has 1 saturated carbocycles. The van der Waals surface area contributed by atoms with Crippen molar-refractivity contribution >= 4 is 23.4 Å². The second kappa shape index (κ2) is 8.14. The molecular weight excluding hydrogens is 477 g/mol. The Balaban J connectivity index is 1.11. The maximum absolute atomic E-state index is 12.7. The molecule has 0 radical (unpaired) electrons. The number of amides is 3. The van der Waals surface area contributed by atoms with Crippen LogP contribution in [0, 0.1) is 0 Å². The van der Waals surface area contributed by atoms with E-state index < -0.39 is 17.8 Å². The number of halogens is 3. The van der Waals surface area contributed by atoms with Gasteiger partial charge in [-0.05, 0) is 55.0 Å². The maximum atomic E-state index is 12.7. The van der Waals surface area contributed by atoms with E-state index in [1.165, 1.54) is 12.1 Å². The molecule has 6 rings (SSSR count). The molecular formula is C25H19F3N4O4. The minimum absolute atomic E-state index is 0.0625. The van der Waals surface area contributed by atoms with Crippen LogP contribution in [-0.2, 0) is 17.4 Å². The number of aromatic nitrogens is 1. The Morgan fingerprint density at radius 2 is 1.92 bits per heavy atom. The molecule has 3 amide bonds. The smallest absolute Gasteiger partial charge is 0.416 e. The van der Waals surface area contributed by atoms with Gasteiger partial charge in [0.1, 0.15) is 29.2 Å². The van der Waals surface area contributed by atoms with Crippen LogP contribution in [0.15, 0.2) is 54.7 Å².